The Hall–Kier alpha value is -0.880. The molecule has 0 spiro atoms. The fourth-order valence-electron chi connectivity index (χ4n) is 1.86. The van der Waals surface area contributed by atoms with Gasteiger partial charge in [-0.25, -0.2) is 0 Å². The molecule has 2 aromatic rings. The zero-order valence-corrected chi connectivity index (χ0v) is 12.4. The van der Waals surface area contributed by atoms with E-state index in [2.05, 4.69) is 33.5 Å². The summed E-state index contributed by atoms with van der Waals surface area (Å²) in [6, 6.07) is 10.3. The van der Waals surface area contributed by atoms with E-state index in [9.17, 15) is 0 Å². The Bertz CT molecular complexity index is 515. The van der Waals surface area contributed by atoms with Crippen molar-refractivity contribution in [1.82, 2.24) is 5.43 Å². The van der Waals surface area contributed by atoms with Gasteiger partial charge in [-0.15, -0.1) is 11.3 Å². The molecule has 0 fully saturated rings. The minimum Gasteiger partial charge on any atom is -0.496 e. The second-order valence-corrected chi connectivity index (χ2v) is 5.77. The molecule has 18 heavy (non-hydrogen) atoms. The lowest BCUT2D eigenvalue weighted by Gasteiger charge is -2.16. The zero-order chi connectivity index (χ0) is 13.0. The summed E-state index contributed by atoms with van der Waals surface area (Å²) in [5.74, 6) is 6.55. The standard InChI is InChI=1S/C13H15BrN2OS/c1-17-12-5-6-18-13(12)11(16-15)8-9-3-2-4-10(14)7-9/h2-7,11,16H,8,15H2,1H3. The van der Waals surface area contributed by atoms with Crippen LogP contribution >= 0.6 is 27.3 Å². The highest BCUT2D eigenvalue weighted by Gasteiger charge is 2.16. The van der Waals surface area contributed by atoms with Gasteiger partial charge in [-0.1, -0.05) is 28.1 Å². The van der Waals surface area contributed by atoms with Gasteiger partial charge >= 0.3 is 0 Å². The molecule has 0 aliphatic carbocycles. The van der Waals surface area contributed by atoms with Gasteiger partial charge in [-0.05, 0) is 35.6 Å². The first-order valence-corrected chi connectivity index (χ1v) is 7.24. The molecule has 3 nitrogen and oxygen atoms in total. The minimum absolute atomic E-state index is 0.0641. The Morgan fingerprint density at radius 1 is 1.44 bits per heavy atom. The van der Waals surface area contributed by atoms with Crippen molar-refractivity contribution in [3.63, 3.8) is 0 Å². The minimum atomic E-state index is 0.0641. The van der Waals surface area contributed by atoms with Crippen LogP contribution in [0.4, 0.5) is 0 Å². The van der Waals surface area contributed by atoms with Crippen LogP contribution < -0.4 is 16.0 Å². The first kappa shape index (κ1) is 13.5. The number of halogens is 1. The number of benzene rings is 1. The number of rotatable bonds is 5. The SMILES string of the molecule is COc1ccsc1C(Cc1cccc(Br)c1)NN. The van der Waals surface area contributed by atoms with Crippen LogP contribution in [0.15, 0.2) is 40.2 Å². The molecule has 0 aliphatic rings. The quantitative estimate of drug-likeness (QED) is 0.654. The number of nitrogens with two attached hydrogens (primary N) is 1. The Morgan fingerprint density at radius 2 is 2.28 bits per heavy atom. The molecule has 0 saturated carbocycles. The third-order valence-corrected chi connectivity index (χ3v) is 4.23. The lowest BCUT2D eigenvalue weighted by atomic mass is 10.1. The van der Waals surface area contributed by atoms with Crippen LogP contribution in [0, 0.1) is 0 Å². The fraction of sp³-hybridized carbons (Fsp3) is 0.231. The number of ether oxygens (including phenoxy) is 1. The summed E-state index contributed by atoms with van der Waals surface area (Å²) in [4.78, 5) is 1.12. The van der Waals surface area contributed by atoms with Gasteiger partial charge in [0, 0.05) is 4.47 Å². The number of hydrogen-bond donors (Lipinski definition) is 2. The predicted octanol–water partition coefficient (Wildman–Crippen LogP) is 3.27. The third-order valence-electron chi connectivity index (χ3n) is 2.72. The van der Waals surface area contributed by atoms with Crippen LogP contribution in [0.2, 0.25) is 0 Å². The lowest BCUT2D eigenvalue weighted by Crippen LogP contribution is -2.29. The average Bonchev–Trinajstić information content (AvgIpc) is 2.84. The maximum Gasteiger partial charge on any atom is 0.134 e. The van der Waals surface area contributed by atoms with Gasteiger partial charge in [0.2, 0.25) is 0 Å². The second-order valence-electron chi connectivity index (χ2n) is 3.91. The number of hydrogen-bond acceptors (Lipinski definition) is 4. The van der Waals surface area contributed by atoms with Crippen molar-refractivity contribution in [2.45, 2.75) is 12.5 Å². The first-order valence-electron chi connectivity index (χ1n) is 5.56. The number of hydrazine groups is 1. The van der Waals surface area contributed by atoms with E-state index in [-0.39, 0.29) is 6.04 Å². The van der Waals surface area contributed by atoms with Gasteiger partial charge in [0.1, 0.15) is 5.75 Å². The molecule has 0 aliphatic heterocycles. The molecular formula is C13H15BrN2OS. The molecule has 0 amide bonds. The maximum atomic E-state index is 5.66. The monoisotopic (exact) mass is 326 g/mol. The summed E-state index contributed by atoms with van der Waals surface area (Å²) in [7, 11) is 1.68. The molecule has 0 saturated heterocycles. The molecule has 0 radical (unpaired) electrons. The van der Waals surface area contributed by atoms with Crippen molar-refractivity contribution in [3.8, 4) is 5.75 Å². The van der Waals surface area contributed by atoms with E-state index in [0.717, 1.165) is 21.5 Å². The highest BCUT2D eigenvalue weighted by atomic mass is 79.9. The first-order chi connectivity index (χ1) is 8.74. The fourth-order valence-corrected chi connectivity index (χ4v) is 3.23. The van der Waals surface area contributed by atoms with Gasteiger partial charge in [-0.3, -0.25) is 11.3 Å². The Kier molecular flexibility index (Phi) is 4.77. The van der Waals surface area contributed by atoms with Gasteiger partial charge in [-0.2, -0.15) is 0 Å². The predicted molar refractivity (Wildman–Crippen MR) is 78.8 cm³/mol. The molecule has 96 valence electrons. The Morgan fingerprint density at radius 3 is 2.94 bits per heavy atom. The van der Waals surface area contributed by atoms with Crippen LogP contribution in [0.25, 0.3) is 0 Å². The maximum absolute atomic E-state index is 5.66. The summed E-state index contributed by atoms with van der Waals surface area (Å²) in [6.07, 6.45) is 0.826. The lowest BCUT2D eigenvalue weighted by molar-refractivity contribution is 0.403. The third kappa shape index (κ3) is 3.11. The van der Waals surface area contributed by atoms with Gasteiger partial charge in [0.05, 0.1) is 18.0 Å². The van der Waals surface area contributed by atoms with Crippen molar-refractivity contribution >= 4 is 27.3 Å². The molecular weight excluding hydrogens is 312 g/mol. The Labute approximate surface area is 119 Å². The van der Waals surface area contributed by atoms with E-state index < -0.39 is 0 Å². The van der Waals surface area contributed by atoms with E-state index in [0.29, 0.717) is 0 Å². The summed E-state index contributed by atoms with van der Waals surface area (Å²) in [5.41, 5.74) is 4.09. The highest BCUT2D eigenvalue weighted by Crippen LogP contribution is 2.32. The Balaban J connectivity index is 2.20. The topological polar surface area (TPSA) is 47.3 Å². The number of thiophene rings is 1. The smallest absolute Gasteiger partial charge is 0.134 e. The molecule has 3 N–H and O–H groups in total. The zero-order valence-electron chi connectivity index (χ0n) is 10.0. The van der Waals surface area contributed by atoms with Gasteiger partial charge in [0.25, 0.3) is 0 Å². The van der Waals surface area contributed by atoms with Crippen molar-refractivity contribution < 1.29 is 4.74 Å². The van der Waals surface area contributed by atoms with E-state index in [4.69, 9.17) is 10.6 Å². The van der Waals surface area contributed by atoms with Crippen LogP contribution in [-0.2, 0) is 6.42 Å². The van der Waals surface area contributed by atoms with E-state index in [1.165, 1.54) is 5.56 Å². The normalized spacial score (nSPS) is 12.4. The van der Waals surface area contributed by atoms with Crippen LogP contribution in [0.1, 0.15) is 16.5 Å². The molecule has 2 rings (SSSR count). The largest absolute Gasteiger partial charge is 0.496 e. The molecule has 1 atom stereocenters. The average molecular weight is 327 g/mol. The van der Waals surface area contributed by atoms with Crippen LogP contribution in [0.3, 0.4) is 0 Å². The summed E-state index contributed by atoms with van der Waals surface area (Å²) < 4.78 is 6.41. The number of nitrogens with one attached hydrogen (secondary N) is 1. The summed E-state index contributed by atoms with van der Waals surface area (Å²) in [5, 5.41) is 2.01. The summed E-state index contributed by atoms with van der Waals surface area (Å²) >= 11 is 5.13. The molecule has 5 heteroatoms. The van der Waals surface area contributed by atoms with Crippen LogP contribution in [0.5, 0.6) is 5.75 Å². The molecule has 1 unspecified atom stereocenters. The van der Waals surface area contributed by atoms with E-state index in [1.54, 1.807) is 18.4 Å². The molecule has 0 bridgehead atoms. The highest BCUT2D eigenvalue weighted by molar-refractivity contribution is 9.10. The molecule has 1 aromatic carbocycles. The van der Waals surface area contributed by atoms with Crippen molar-refractivity contribution in [2.24, 2.45) is 5.84 Å². The number of methoxy groups -OCH3 is 1. The molecule has 1 heterocycles. The summed E-state index contributed by atoms with van der Waals surface area (Å²) in [6.45, 7) is 0. The second kappa shape index (κ2) is 6.33. The van der Waals surface area contributed by atoms with Gasteiger partial charge < -0.3 is 4.74 Å². The van der Waals surface area contributed by atoms with Gasteiger partial charge in [0.15, 0.2) is 0 Å². The van der Waals surface area contributed by atoms with E-state index in [1.807, 2.05) is 23.6 Å². The van der Waals surface area contributed by atoms with Crippen molar-refractivity contribution in [3.05, 3.63) is 50.6 Å². The molecule has 1 aromatic heterocycles. The van der Waals surface area contributed by atoms with Crippen molar-refractivity contribution in [2.75, 3.05) is 7.11 Å². The van der Waals surface area contributed by atoms with Crippen LogP contribution in [-0.4, -0.2) is 7.11 Å². The van der Waals surface area contributed by atoms with E-state index >= 15 is 0 Å². The van der Waals surface area contributed by atoms with Crippen molar-refractivity contribution in [1.29, 1.82) is 0 Å².